The first-order chi connectivity index (χ1) is 11.3. The molecule has 0 radical (unpaired) electrons. The Hall–Kier alpha value is -2.45. The number of hydrogen-bond donors (Lipinski definition) is 1. The monoisotopic (exact) mass is 345 g/mol. The fourth-order valence-electron chi connectivity index (χ4n) is 2.41. The van der Waals surface area contributed by atoms with Crippen LogP contribution in [-0.4, -0.2) is 41.6 Å². The molecular formula is C16H19N5O2S. The number of para-hydroxylation sites is 1. The fraction of sp³-hybridized carbons (Fsp3) is 0.250. The summed E-state index contributed by atoms with van der Waals surface area (Å²) in [6.07, 6.45) is 0. The zero-order chi connectivity index (χ0) is 17.5. The average molecular weight is 345 g/mol. The maximum absolute atomic E-state index is 12.1. The third-order valence-electron chi connectivity index (χ3n) is 3.67. The van der Waals surface area contributed by atoms with Crippen molar-refractivity contribution in [3.05, 3.63) is 47.7 Å². The largest absolute Gasteiger partial charge is 0.302 e. The molecule has 0 bridgehead atoms. The molecule has 0 aliphatic carbocycles. The van der Waals surface area contributed by atoms with E-state index in [4.69, 9.17) is 0 Å². The third kappa shape index (κ3) is 2.98. The van der Waals surface area contributed by atoms with Crippen LogP contribution in [0.3, 0.4) is 0 Å². The molecule has 3 aromatic rings. The summed E-state index contributed by atoms with van der Waals surface area (Å²) in [7, 11) is -0.693. The Bertz CT molecular complexity index is 1010. The summed E-state index contributed by atoms with van der Waals surface area (Å²) in [4.78, 5) is 4.61. The van der Waals surface area contributed by atoms with Gasteiger partial charge in [-0.3, -0.25) is 4.72 Å². The first-order valence-electron chi connectivity index (χ1n) is 7.41. The summed E-state index contributed by atoms with van der Waals surface area (Å²) < 4.78 is 29.4. The lowest BCUT2D eigenvalue weighted by Gasteiger charge is -2.14. The Morgan fingerprint density at radius 2 is 1.83 bits per heavy atom. The third-order valence-corrected chi connectivity index (χ3v) is 5.10. The summed E-state index contributed by atoms with van der Waals surface area (Å²) >= 11 is 0. The highest BCUT2D eigenvalue weighted by molar-refractivity contribution is 7.90. The zero-order valence-corrected chi connectivity index (χ0v) is 14.8. The Kier molecular flexibility index (Phi) is 4.02. The topological polar surface area (TPSA) is 80.1 Å². The van der Waals surface area contributed by atoms with Crippen LogP contribution in [0.4, 0.5) is 5.82 Å². The van der Waals surface area contributed by atoms with Gasteiger partial charge < -0.3 is 0 Å². The van der Waals surface area contributed by atoms with Crippen LogP contribution in [0.15, 0.2) is 36.4 Å². The van der Waals surface area contributed by atoms with E-state index < -0.39 is 10.2 Å². The Morgan fingerprint density at radius 3 is 2.54 bits per heavy atom. The van der Waals surface area contributed by atoms with E-state index in [1.54, 1.807) is 13.0 Å². The zero-order valence-electron chi connectivity index (χ0n) is 14.0. The molecule has 3 rings (SSSR count). The van der Waals surface area contributed by atoms with E-state index in [9.17, 15) is 8.42 Å². The van der Waals surface area contributed by atoms with Crippen LogP contribution in [0, 0.1) is 13.8 Å². The van der Waals surface area contributed by atoms with E-state index in [-0.39, 0.29) is 0 Å². The van der Waals surface area contributed by atoms with Crippen LogP contribution in [0.25, 0.3) is 16.7 Å². The minimum Gasteiger partial charge on any atom is -0.254 e. The van der Waals surface area contributed by atoms with E-state index in [2.05, 4.69) is 14.8 Å². The minimum absolute atomic E-state index is 0.350. The normalized spacial score (nSPS) is 12.0. The number of anilines is 1. The summed E-state index contributed by atoms with van der Waals surface area (Å²) in [6.45, 7) is 3.80. The molecule has 0 aliphatic heterocycles. The van der Waals surface area contributed by atoms with Crippen LogP contribution >= 0.6 is 0 Å². The number of aromatic nitrogens is 3. The van der Waals surface area contributed by atoms with Gasteiger partial charge in [0.2, 0.25) is 0 Å². The van der Waals surface area contributed by atoms with E-state index in [0.29, 0.717) is 17.3 Å². The van der Waals surface area contributed by atoms with Crippen LogP contribution in [0.1, 0.15) is 11.3 Å². The molecule has 0 spiro atoms. The van der Waals surface area contributed by atoms with Gasteiger partial charge in [-0.2, -0.15) is 22.5 Å². The predicted molar refractivity (Wildman–Crippen MR) is 94.6 cm³/mol. The van der Waals surface area contributed by atoms with Gasteiger partial charge in [0.05, 0.1) is 11.2 Å². The molecule has 1 aromatic carbocycles. The molecular weight excluding hydrogens is 326 g/mol. The summed E-state index contributed by atoms with van der Waals surface area (Å²) in [5.74, 6) is 0.916. The van der Waals surface area contributed by atoms with Gasteiger partial charge in [-0.1, -0.05) is 18.2 Å². The highest BCUT2D eigenvalue weighted by atomic mass is 32.2. The van der Waals surface area contributed by atoms with Gasteiger partial charge in [-0.05, 0) is 31.5 Å². The van der Waals surface area contributed by atoms with Crippen molar-refractivity contribution in [3.63, 3.8) is 0 Å². The number of fused-ring (bicyclic) bond motifs is 1. The quantitative estimate of drug-likeness (QED) is 0.786. The van der Waals surface area contributed by atoms with Crippen molar-refractivity contribution in [1.82, 2.24) is 19.1 Å². The van der Waals surface area contributed by atoms with Gasteiger partial charge in [0.1, 0.15) is 5.82 Å². The van der Waals surface area contributed by atoms with Crippen LogP contribution in [-0.2, 0) is 10.2 Å². The molecule has 0 atom stereocenters. The summed E-state index contributed by atoms with van der Waals surface area (Å²) in [5, 5.41) is 5.44. The smallest absolute Gasteiger partial charge is 0.254 e. The van der Waals surface area contributed by atoms with Crippen molar-refractivity contribution in [2.45, 2.75) is 13.8 Å². The molecule has 7 nitrogen and oxygen atoms in total. The minimum atomic E-state index is -3.63. The highest BCUT2D eigenvalue weighted by Gasteiger charge is 2.18. The Labute approximate surface area is 141 Å². The van der Waals surface area contributed by atoms with Crippen molar-refractivity contribution in [2.75, 3.05) is 18.8 Å². The second kappa shape index (κ2) is 5.88. The second-order valence-electron chi connectivity index (χ2n) is 5.79. The van der Waals surface area contributed by atoms with Crippen molar-refractivity contribution < 1.29 is 8.42 Å². The van der Waals surface area contributed by atoms with Gasteiger partial charge >= 0.3 is 10.2 Å². The second-order valence-corrected chi connectivity index (χ2v) is 7.67. The number of hydrogen-bond acceptors (Lipinski definition) is 4. The number of rotatable bonds is 4. The number of pyridine rings is 1. The number of nitrogens with one attached hydrogen (secondary N) is 1. The molecule has 0 aliphatic rings. The van der Waals surface area contributed by atoms with Crippen LogP contribution in [0.5, 0.6) is 0 Å². The van der Waals surface area contributed by atoms with Gasteiger partial charge in [-0.15, -0.1) is 0 Å². The maximum Gasteiger partial charge on any atom is 0.302 e. The number of aryl methyl sites for hydroxylation is 2. The van der Waals surface area contributed by atoms with Gasteiger partial charge in [0.25, 0.3) is 0 Å². The van der Waals surface area contributed by atoms with Crippen molar-refractivity contribution in [1.29, 1.82) is 0 Å². The maximum atomic E-state index is 12.1. The van der Waals surface area contributed by atoms with Crippen molar-refractivity contribution >= 4 is 26.9 Å². The van der Waals surface area contributed by atoms with E-state index >= 15 is 0 Å². The van der Waals surface area contributed by atoms with E-state index in [0.717, 1.165) is 20.8 Å². The lowest BCUT2D eigenvalue weighted by molar-refractivity contribution is 0.526. The molecule has 2 aromatic heterocycles. The summed E-state index contributed by atoms with van der Waals surface area (Å²) in [5.41, 5.74) is 2.58. The van der Waals surface area contributed by atoms with Gasteiger partial charge in [0, 0.05) is 25.5 Å². The fourth-order valence-corrected chi connectivity index (χ4v) is 3.00. The Morgan fingerprint density at radius 1 is 1.12 bits per heavy atom. The molecule has 0 amide bonds. The molecule has 0 saturated carbocycles. The Balaban J connectivity index is 2.14. The van der Waals surface area contributed by atoms with Crippen molar-refractivity contribution in [3.8, 4) is 5.82 Å². The molecule has 2 heterocycles. The SMILES string of the molecule is Cc1cc(NS(=O)(=O)N(C)C)n(-c2cc(C)c3ccccc3n2)n1. The number of nitrogens with zero attached hydrogens (tertiary/aromatic N) is 4. The predicted octanol–water partition coefficient (Wildman–Crippen LogP) is 2.26. The van der Waals surface area contributed by atoms with Crippen LogP contribution in [0.2, 0.25) is 0 Å². The lowest BCUT2D eigenvalue weighted by atomic mass is 10.1. The highest BCUT2D eigenvalue weighted by Crippen LogP contribution is 2.23. The molecule has 24 heavy (non-hydrogen) atoms. The van der Waals surface area contributed by atoms with E-state index in [1.807, 2.05) is 37.3 Å². The lowest BCUT2D eigenvalue weighted by Crippen LogP contribution is -2.29. The first kappa shape index (κ1) is 16.4. The van der Waals surface area contributed by atoms with Gasteiger partial charge in [0.15, 0.2) is 5.82 Å². The number of benzene rings is 1. The molecule has 126 valence electrons. The van der Waals surface area contributed by atoms with Crippen molar-refractivity contribution in [2.24, 2.45) is 0 Å². The summed E-state index contributed by atoms with van der Waals surface area (Å²) in [6, 6.07) is 11.4. The standard InChI is InChI=1S/C16H19N5O2S/c1-11-9-15(17-14-8-6-5-7-13(11)14)21-16(10-12(2)18-21)19-24(22,23)20(3)4/h5-10,19H,1-4H3. The molecule has 8 heteroatoms. The molecule has 0 unspecified atom stereocenters. The molecule has 1 N–H and O–H groups in total. The first-order valence-corrected chi connectivity index (χ1v) is 8.85. The molecule has 0 saturated heterocycles. The molecule has 0 fully saturated rings. The van der Waals surface area contributed by atoms with E-state index in [1.165, 1.54) is 18.8 Å². The average Bonchev–Trinajstić information content (AvgIpc) is 2.87. The van der Waals surface area contributed by atoms with Gasteiger partial charge in [-0.25, -0.2) is 4.98 Å². The van der Waals surface area contributed by atoms with Crippen LogP contribution < -0.4 is 4.72 Å².